The molecule has 0 atom stereocenters. The van der Waals surface area contributed by atoms with Crippen molar-refractivity contribution < 1.29 is 0 Å². The molecule has 0 amide bonds. The maximum Gasteiger partial charge on any atom is 0.105 e. The molecule has 0 aliphatic heterocycles. The zero-order valence-electron chi connectivity index (χ0n) is 11.7. The van der Waals surface area contributed by atoms with Gasteiger partial charge < -0.3 is 4.98 Å². The van der Waals surface area contributed by atoms with Crippen molar-refractivity contribution in [2.24, 2.45) is 0 Å². The first-order chi connectivity index (χ1) is 10.9. The number of hydrogen-bond donors (Lipinski definition) is 1. The van der Waals surface area contributed by atoms with Crippen molar-refractivity contribution in [3.8, 4) is 0 Å². The second kappa shape index (κ2) is 5.58. The van der Waals surface area contributed by atoms with Crippen LogP contribution in [0.4, 0.5) is 0 Å². The second-order valence-corrected chi connectivity index (χ2v) is 5.74. The molecular formula is C18H13N3S. The molecular weight excluding hydrogens is 290 g/mol. The Kier molecular flexibility index (Phi) is 3.29. The van der Waals surface area contributed by atoms with Gasteiger partial charge >= 0.3 is 0 Å². The van der Waals surface area contributed by atoms with Crippen molar-refractivity contribution in [1.29, 1.82) is 0 Å². The number of rotatable bonds is 0. The van der Waals surface area contributed by atoms with E-state index in [0.29, 0.717) is 0 Å². The first-order valence-electron chi connectivity index (χ1n) is 7.04. The lowest BCUT2D eigenvalue weighted by atomic mass is 10.2. The third kappa shape index (κ3) is 2.34. The molecule has 22 heavy (non-hydrogen) atoms. The average molecular weight is 303 g/mol. The molecule has 5 rings (SSSR count). The van der Waals surface area contributed by atoms with Crippen LogP contribution in [0, 0.1) is 0 Å². The molecule has 0 fully saturated rings. The van der Waals surface area contributed by atoms with Crippen LogP contribution in [0.15, 0.2) is 72.8 Å². The summed E-state index contributed by atoms with van der Waals surface area (Å²) in [5, 5.41) is 6.49. The van der Waals surface area contributed by atoms with Crippen molar-refractivity contribution >= 4 is 43.6 Å². The van der Waals surface area contributed by atoms with Gasteiger partial charge in [-0.25, -0.2) is 0 Å². The van der Waals surface area contributed by atoms with Gasteiger partial charge in [0.1, 0.15) is 5.52 Å². The normalized spacial score (nSPS) is 10.7. The minimum atomic E-state index is 0.988. The van der Waals surface area contributed by atoms with Crippen LogP contribution in [0.3, 0.4) is 0 Å². The monoisotopic (exact) mass is 303 g/mol. The van der Waals surface area contributed by atoms with E-state index >= 15 is 0 Å². The first kappa shape index (κ1) is 13.0. The Labute approximate surface area is 131 Å². The van der Waals surface area contributed by atoms with Gasteiger partial charge in [-0.15, -0.1) is 5.10 Å². The summed E-state index contributed by atoms with van der Waals surface area (Å²) in [5.74, 6) is 0. The predicted octanol–water partition coefficient (Wildman–Crippen LogP) is 5.01. The summed E-state index contributed by atoms with van der Waals surface area (Å²) in [5.41, 5.74) is 3.41. The van der Waals surface area contributed by atoms with E-state index in [4.69, 9.17) is 0 Å². The van der Waals surface area contributed by atoms with Crippen LogP contribution < -0.4 is 0 Å². The van der Waals surface area contributed by atoms with E-state index in [1.54, 1.807) is 0 Å². The van der Waals surface area contributed by atoms with E-state index in [1.165, 1.54) is 33.3 Å². The van der Waals surface area contributed by atoms with Crippen molar-refractivity contribution in [1.82, 2.24) is 14.6 Å². The van der Waals surface area contributed by atoms with Crippen LogP contribution in [0.25, 0.3) is 32.0 Å². The van der Waals surface area contributed by atoms with Crippen LogP contribution in [0.1, 0.15) is 0 Å². The highest BCUT2D eigenvalue weighted by molar-refractivity contribution is 7.12. The smallest absolute Gasteiger partial charge is 0.105 e. The lowest BCUT2D eigenvalue weighted by molar-refractivity contribution is 1.20. The van der Waals surface area contributed by atoms with E-state index in [9.17, 15) is 0 Å². The Balaban J connectivity index is 0.000000122. The maximum atomic E-state index is 3.89. The van der Waals surface area contributed by atoms with Gasteiger partial charge in [0.15, 0.2) is 0 Å². The summed E-state index contributed by atoms with van der Waals surface area (Å²) >= 11 is 1.43. The fourth-order valence-electron chi connectivity index (χ4n) is 2.52. The van der Waals surface area contributed by atoms with Gasteiger partial charge in [0, 0.05) is 21.8 Å². The summed E-state index contributed by atoms with van der Waals surface area (Å²) in [6.45, 7) is 0. The lowest BCUT2D eigenvalue weighted by Gasteiger charge is -1.87. The van der Waals surface area contributed by atoms with E-state index in [-0.39, 0.29) is 0 Å². The summed E-state index contributed by atoms with van der Waals surface area (Å²) < 4.78 is 4.94. The topological polar surface area (TPSA) is 41.6 Å². The molecule has 0 unspecified atom stereocenters. The van der Waals surface area contributed by atoms with Crippen molar-refractivity contribution in [2.75, 3.05) is 0 Å². The summed E-state index contributed by atoms with van der Waals surface area (Å²) in [7, 11) is 0. The van der Waals surface area contributed by atoms with Crippen molar-refractivity contribution in [3.63, 3.8) is 0 Å². The average Bonchev–Trinajstić information content (AvgIpc) is 3.19. The Hall–Kier alpha value is -2.72. The lowest BCUT2D eigenvalue weighted by Crippen LogP contribution is -1.63. The Morgan fingerprint density at radius 1 is 0.682 bits per heavy atom. The Bertz CT molecular complexity index is 965. The number of aromatic amines is 1. The molecule has 0 spiro atoms. The summed E-state index contributed by atoms with van der Waals surface area (Å²) in [4.78, 5) is 3.38. The standard InChI is InChI=1S/C12H9N.C6H4N2S/c1-3-7-11-9(5-1)10-6-2-4-8-12(10)13-11;1-2-4-6-5(3-1)7-8-9-6/h1-8,13H;1-4H. The number of para-hydroxylation sites is 2. The van der Waals surface area contributed by atoms with Crippen molar-refractivity contribution in [2.45, 2.75) is 0 Å². The van der Waals surface area contributed by atoms with Gasteiger partial charge in [0.2, 0.25) is 0 Å². The number of hydrogen-bond acceptors (Lipinski definition) is 3. The summed E-state index contributed by atoms with van der Waals surface area (Å²) in [6.07, 6.45) is 0. The highest BCUT2D eigenvalue weighted by Gasteiger charge is 2.00. The SMILES string of the molecule is c1ccc2c(c1)[nH]c1ccccc12.c1ccc2snnc2c1. The molecule has 0 saturated carbocycles. The third-order valence-corrected chi connectivity index (χ3v) is 4.27. The first-order valence-corrected chi connectivity index (χ1v) is 7.82. The number of nitrogens with zero attached hydrogens (tertiary/aromatic N) is 2. The molecule has 3 nitrogen and oxygen atoms in total. The molecule has 4 heteroatoms. The molecule has 0 saturated heterocycles. The van der Waals surface area contributed by atoms with Crippen LogP contribution in [-0.2, 0) is 0 Å². The maximum absolute atomic E-state index is 3.89. The molecule has 0 aliphatic carbocycles. The molecule has 2 heterocycles. The molecule has 0 aliphatic rings. The quantitative estimate of drug-likeness (QED) is 0.437. The molecule has 3 aromatic carbocycles. The number of nitrogens with one attached hydrogen (secondary N) is 1. The molecule has 1 N–H and O–H groups in total. The zero-order valence-corrected chi connectivity index (χ0v) is 12.5. The van der Waals surface area contributed by atoms with Gasteiger partial charge in [0.05, 0.1) is 4.70 Å². The van der Waals surface area contributed by atoms with Crippen LogP contribution in [0.2, 0.25) is 0 Å². The minimum Gasteiger partial charge on any atom is -0.355 e. The number of H-pyrrole nitrogens is 1. The number of aromatic nitrogens is 3. The van der Waals surface area contributed by atoms with Gasteiger partial charge in [-0.1, -0.05) is 53.0 Å². The van der Waals surface area contributed by atoms with Crippen LogP contribution in [0.5, 0.6) is 0 Å². The molecule has 0 radical (unpaired) electrons. The molecule has 0 bridgehead atoms. The number of fused-ring (bicyclic) bond motifs is 4. The Morgan fingerprint density at radius 3 is 1.95 bits per heavy atom. The highest BCUT2D eigenvalue weighted by atomic mass is 32.1. The van der Waals surface area contributed by atoms with Gasteiger partial charge in [-0.2, -0.15) is 0 Å². The van der Waals surface area contributed by atoms with E-state index in [0.717, 1.165) is 10.2 Å². The van der Waals surface area contributed by atoms with E-state index in [1.807, 2.05) is 24.3 Å². The predicted molar refractivity (Wildman–Crippen MR) is 93.2 cm³/mol. The Morgan fingerprint density at radius 2 is 1.27 bits per heavy atom. The minimum absolute atomic E-state index is 0.988. The fourth-order valence-corrected chi connectivity index (χ4v) is 3.08. The molecule has 106 valence electrons. The van der Waals surface area contributed by atoms with E-state index < -0.39 is 0 Å². The number of benzene rings is 3. The zero-order chi connectivity index (χ0) is 14.8. The van der Waals surface area contributed by atoms with Gasteiger partial charge in [0.25, 0.3) is 0 Å². The highest BCUT2D eigenvalue weighted by Crippen LogP contribution is 2.24. The van der Waals surface area contributed by atoms with Gasteiger partial charge in [-0.05, 0) is 35.8 Å². The van der Waals surface area contributed by atoms with Crippen LogP contribution in [-0.4, -0.2) is 14.6 Å². The van der Waals surface area contributed by atoms with E-state index in [2.05, 4.69) is 63.1 Å². The third-order valence-electron chi connectivity index (χ3n) is 3.57. The molecule has 5 aromatic rings. The van der Waals surface area contributed by atoms with Crippen molar-refractivity contribution in [3.05, 3.63) is 72.8 Å². The molecule has 2 aromatic heterocycles. The fraction of sp³-hybridized carbons (Fsp3) is 0. The van der Waals surface area contributed by atoms with Crippen LogP contribution >= 0.6 is 11.5 Å². The largest absolute Gasteiger partial charge is 0.355 e. The second-order valence-electron chi connectivity index (χ2n) is 4.96. The van der Waals surface area contributed by atoms with Gasteiger partial charge in [-0.3, -0.25) is 0 Å². The summed E-state index contributed by atoms with van der Waals surface area (Å²) in [6, 6.07) is 24.7.